The van der Waals surface area contributed by atoms with E-state index in [0.717, 1.165) is 5.39 Å². The Labute approximate surface area is 114 Å². The molecule has 0 saturated carbocycles. The minimum Gasteiger partial charge on any atom is -0.334 e. The maximum absolute atomic E-state index is 13.7. The van der Waals surface area contributed by atoms with Crippen LogP contribution in [0.5, 0.6) is 0 Å². The van der Waals surface area contributed by atoms with Crippen molar-refractivity contribution in [3.8, 4) is 11.5 Å². The minimum absolute atomic E-state index is 0.273. The summed E-state index contributed by atoms with van der Waals surface area (Å²) in [7, 11) is 0. The fourth-order valence-electron chi connectivity index (χ4n) is 1.95. The largest absolute Gasteiger partial charge is 0.334 e. The number of rotatable bonds is 2. The Balaban J connectivity index is 2.22. The molecule has 0 N–H and O–H groups in total. The van der Waals surface area contributed by atoms with Crippen molar-refractivity contribution in [2.75, 3.05) is 0 Å². The molecule has 0 aliphatic heterocycles. The van der Waals surface area contributed by atoms with E-state index >= 15 is 0 Å². The van der Waals surface area contributed by atoms with Gasteiger partial charge in [0.1, 0.15) is 5.82 Å². The third-order valence-corrected chi connectivity index (χ3v) is 3.09. The predicted octanol–water partition coefficient (Wildman–Crippen LogP) is 4.33. The number of nitrogens with zero attached hydrogens (tertiary/aromatic N) is 2. The highest BCUT2D eigenvalue weighted by molar-refractivity contribution is 6.20. The third-order valence-electron chi connectivity index (χ3n) is 2.90. The highest BCUT2D eigenvalue weighted by Gasteiger charge is 2.15. The normalized spacial score (nSPS) is 12.8. The van der Waals surface area contributed by atoms with Crippen molar-refractivity contribution in [1.29, 1.82) is 0 Å². The van der Waals surface area contributed by atoms with Crippen molar-refractivity contribution < 1.29 is 8.91 Å². The lowest BCUT2D eigenvalue weighted by molar-refractivity contribution is 0.423. The molecule has 3 aromatic rings. The van der Waals surface area contributed by atoms with Crippen molar-refractivity contribution in [2.24, 2.45) is 0 Å². The van der Waals surface area contributed by atoms with Gasteiger partial charge in [0.2, 0.25) is 0 Å². The van der Waals surface area contributed by atoms with Gasteiger partial charge in [0, 0.05) is 10.9 Å². The van der Waals surface area contributed by atoms with E-state index in [0.29, 0.717) is 22.7 Å². The van der Waals surface area contributed by atoms with Crippen LogP contribution in [0.15, 0.2) is 40.9 Å². The number of benzene rings is 2. The summed E-state index contributed by atoms with van der Waals surface area (Å²) in [6, 6.07) is 10.2. The molecule has 3 rings (SSSR count). The average molecular weight is 277 g/mol. The molecule has 0 aliphatic carbocycles. The third kappa shape index (κ3) is 2.08. The SMILES string of the molecule is CC(Cl)c1noc(-c2ccc(F)c3ccccc23)n1. The summed E-state index contributed by atoms with van der Waals surface area (Å²) in [4.78, 5) is 4.23. The molecule has 1 unspecified atom stereocenters. The van der Waals surface area contributed by atoms with Gasteiger partial charge in [-0.3, -0.25) is 0 Å². The van der Waals surface area contributed by atoms with Gasteiger partial charge in [-0.2, -0.15) is 4.98 Å². The predicted molar refractivity (Wildman–Crippen MR) is 71.5 cm³/mol. The number of halogens is 2. The first-order chi connectivity index (χ1) is 9.16. The quantitative estimate of drug-likeness (QED) is 0.654. The van der Waals surface area contributed by atoms with Crippen LogP contribution in [-0.2, 0) is 0 Å². The van der Waals surface area contributed by atoms with Crippen LogP contribution in [0, 0.1) is 5.82 Å². The Hall–Kier alpha value is -1.94. The van der Waals surface area contributed by atoms with Crippen LogP contribution in [0.2, 0.25) is 0 Å². The van der Waals surface area contributed by atoms with Crippen LogP contribution >= 0.6 is 11.6 Å². The lowest BCUT2D eigenvalue weighted by atomic mass is 10.0. The molecule has 2 aromatic carbocycles. The van der Waals surface area contributed by atoms with Crippen LogP contribution in [0.25, 0.3) is 22.2 Å². The highest BCUT2D eigenvalue weighted by Crippen LogP contribution is 2.30. The van der Waals surface area contributed by atoms with Crippen LogP contribution in [0.3, 0.4) is 0 Å². The summed E-state index contributed by atoms with van der Waals surface area (Å²) in [6.45, 7) is 1.76. The smallest absolute Gasteiger partial charge is 0.258 e. The van der Waals surface area contributed by atoms with Crippen LogP contribution in [-0.4, -0.2) is 10.1 Å². The molecular formula is C14H10ClFN2O. The summed E-state index contributed by atoms with van der Waals surface area (Å²) in [5.41, 5.74) is 0.702. The van der Waals surface area contributed by atoms with E-state index in [4.69, 9.17) is 16.1 Å². The number of hydrogen-bond acceptors (Lipinski definition) is 3. The van der Waals surface area contributed by atoms with E-state index in [2.05, 4.69) is 10.1 Å². The van der Waals surface area contributed by atoms with Gasteiger partial charge in [-0.1, -0.05) is 29.4 Å². The fourth-order valence-corrected chi connectivity index (χ4v) is 2.04. The fraction of sp³-hybridized carbons (Fsp3) is 0.143. The molecule has 5 heteroatoms. The summed E-state index contributed by atoms with van der Waals surface area (Å²) >= 11 is 5.90. The molecule has 0 radical (unpaired) electrons. The number of aromatic nitrogens is 2. The van der Waals surface area contributed by atoms with E-state index in [1.54, 1.807) is 25.1 Å². The van der Waals surface area contributed by atoms with E-state index in [-0.39, 0.29) is 11.2 Å². The van der Waals surface area contributed by atoms with Gasteiger partial charge in [-0.25, -0.2) is 4.39 Å². The Morgan fingerprint density at radius 3 is 2.58 bits per heavy atom. The Morgan fingerprint density at radius 2 is 1.89 bits per heavy atom. The van der Waals surface area contributed by atoms with Gasteiger partial charge in [-0.15, -0.1) is 11.6 Å². The summed E-state index contributed by atoms with van der Waals surface area (Å²) in [5.74, 6) is 0.494. The molecule has 0 fully saturated rings. The van der Waals surface area contributed by atoms with Gasteiger partial charge in [0.15, 0.2) is 5.82 Å². The Morgan fingerprint density at radius 1 is 1.16 bits per heavy atom. The van der Waals surface area contributed by atoms with Crippen LogP contribution < -0.4 is 0 Å². The van der Waals surface area contributed by atoms with Crippen molar-refractivity contribution in [2.45, 2.75) is 12.3 Å². The molecule has 0 bridgehead atoms. The molecule has 0 amide bonds. The number of fused-ring (bicyclic) bond motifs is 1. The summed E-state index contributed by atoms with van der Waals surface area (Å²) in [6.07, 6.45) is 0. The standard InChI is InChI=1S/C14H10ClFN2O/c1-8(15)13-17-14(19-18-13)11-6-7-12(16)10-5-3-2-4-9(10)11/h2-8H,1H3. The molecule has 1 aromatic heterocycles. The zero-order valence-electron chi connectivity index (χ0n) is 10.1. The molecular weight excluding hydrogens is 267 g/mol. The first-order valence-corrected chi connectivity index (χ1v) is 6.26. The van der Waals surface area contributed by atoms with E-state index < -0.39 is 0 Å². The minimum atomic E-state index is -0.329. The van der Waals surface area contributed by atoms with Gasteiger partial charge in [-0.05, 0) is 24.4 Å². The van der Waals surface area contributed by atoms with Crippen LogP contribution in [0.1, 0.15) is 18.1 Å². The molecule has 3 nitrogen and oxygen atoms in total. The maximum atomic E-state index is 13.7. The Kier molecular flexibility index (Phi) is 2.95. The first-order valence-electron chi connectivity index (χ1n) is 5.82. The van der Waals surface area contributed by atoms with Crippen molar-refractivity contribution in [3.05, 3.63) is 48.0 Å². The van der Waals surface area contributed by atoms with Crippen LogP contribution in [0.4, 0.5) is 4.39 Å². The molecule has 96 valence electrons. The number of alkyl halides is 1. The Bertz CT molecular complexity index is 739. The lowest BCUT2D eigenvalue weighted by Crippen LogP contribution is -1.88. The van der Waals surface area contributed by atoms with Gasteiger partial charge < -0.3 is 4.52 Å². The average Bonchev–Trinajstić information content (AvgIpc) is 2.89. The van der Waals surface area contributed by atoms with Gasteiger partial charge >= 0.3 is 0 Å². The molecule has 19 heavy (non-hydrogen) atoms. The molecule has 0 saturated heterocycles. The highest BCUT2D eigenvalue weighted by atomic mass is 35.5. The first kappa shape index (κ1) is 12.1. The monoisotopic (exact) mass is 276 g/mol. The molecule has 0 aliphatic rings. The summed E-state index contributed by atoms with van der Waals surface area (Å²) < 4.78 is 18.9. The molecule has 1 atom stereocenters. The summed E-state index contributed by atoms with van der Waals surface area (Å²) in [5, 5.41) is 4.74. The van der Waals surface area contributed by atoms with Crippen molar-refractivity contribution in [1.82, 2.24) is 10.1 Å². The second kappa shape index (κ2) is 4.63. The molecule has 1 heterocycles. The molecule has 0 spiro atoms. The zero-order valence-corrected chi connectivity index (χ0v) is 10.9. The van der Waals surface area contributed by atoms with Gasteiger partial charge in [0.25, 0.3) is 5.89 Å². The van der Waals surface area contributed by atoms with Crippen molar-refractivity contribution in [3.63, 3.8) is 0 Å². The van der Waals surface area contributed by atoms with E-state index in [9.17, 15) is 4.39 Å². The van der Waals surface area contributed by atoms with Crippen molar-refractivity contribution >= 4 is 22.4 Å². The second-order valence-electron chi connectivity index (χ2n) is 4.21. The second-order valence-corrected chi connectivity index (χ2v) is 4.87. The number of hydrogen-bond donors (Lipinski definition) is 0. The van der Waals surface area contributed by atoms with E-state index in [1.165, 1.54) is 6.07 Å². The van der Waals surface area contributed by atoms with Gasteiger partial charge in [0.05, 0.1) is 5.38 Å². The maximum Gasteiger partial charge on any atom is 0.258 e. The lowest BCUT2D eigenvalue weighted by Gasteiger charge is -2.03. The van der Waals surface area contributed by atoms with E-state index in [1.807, 2.05) is 12.1 Å². The zero-order chi connectivity index (χ0) is 13.4. The topological polar surface area (TPSA) is 38.9 Å².